The summed E-state index contributed by atoms with van der Waals surface area (Å²) in [4.78, 5) is 9.52. The summed E-state index contributed by atoms with van der Waals surface area (Å²) in [7, 11) is 0. The molecule has 1 fully saturated rings. The number of hydrogen-bond acceptors (Lipinski definition) is 4. The maximum Gasteiger partial charge on any atom is 0.279 e. The molecule has 2 N–H and O–H groups in total. The summed E-state index contributed by atoms with van der Waals surface area (Å²) in [5, 5.41) is 15.1. The van der Waals surface area contributed by atoms with E-state index in [2.05, 4.69) is 10.6 Å². The molecule has 0 aromatic carbocycles. The SMILES string of the molecule is O=[N+]([O-])C1CN[CH]N1. The molecule has 1 aliphatic heterocycles. The molecule has 0 saturated carbocycles. The van der Waals surface area contributed by atoms with Gasteiger partial charge in [0.1, 0.15) is 0 Å². The molecular formula is C3H6N3O2. The molecule has 0 aliphatic carbocycles. The maximum atomic E-state index is 9.88. The van der Waals surface area contributed by atoms with Crippen molar-refractivity contribution in [1.82, 2.24) is 10.6 Å². The average Bonchev–Trinajstić information content (AvgIpc) is 2.12. The number of nitrogens with zero attached hydrogens (tertiary/aromatic N) is 1. The van der Waals surface area contributed by atoms with Gasteiger partial charge in [0.25, 0.3) is 6.17 Å². The molecule has 0 aromatic heterocycles. The quantitative estimate of drug-likeness (QED) is 0.337. The minimum absolute atomic E-state index is 0.365. The molecule has 5 heteroatoms. The van der Waals surface area contributed by atoms with Gasteiger partial charge in [0.15, 0.2) is 0 Å². The lowest BCUT2D eigenvalue weighted by Crippen LogP contribution is -2.31. The highest BCUT2D eigenvalue weighted by atomic mass is 16.6. The van der Waals surface area contributed by atoms with Crippen molar-refractivity contribution >= 4 is 0 Å². The Labute approximate surface area is 46.2 Å². The number of rotatable bonds is 1. The van der Waals surface area contributed by atoms with Crippen LogP contribution in [-0.4, -0.2) is 17.6 Å². The molecule has 45 valence electrons. The topological polar surface area (TPSA) is 67.2 Å². The van der Waals surface area contributed by atoms with Gasteiger partial charge in [-0.05, 0) is 0 Å². The van der Waals surface area contributed by atoms with E-state index in [1.807, 2.05) is 0 Å². The van der Waals surface area contributed by atoms with Crippen molar-refractivity contribution < 1.29 is 4.92 Å². The summed E-state index contributed by atoms with van der Waals surface area (Å²) in [6.07, 6.45) is -0.630. The third kappa shape index (κ3) is 0.932. The third-order valence-electron chi connectivity index (χ3n) is 0.943. The molecule has 8 heavy (non-hydrogen) atoms. The Morgan fingerprint density at radius 2 is 2.62 bits per heavy atom. The lowest BCUT2D eigenvalue weighted by Gasteiger charge is -1.95. The molecule has 0 spiro atoms. The Kier molecular flexibility index (Phi) is 1.40. The lowest BCUT2D eigenvalue weighted by atomic mass is 10.6. The van der Waals surface area contributed by atoms with Gasteiger partial charge < -0.3 is 0 Å². The van der Waals surface area contributed by atoms with Gasteiger partial charge in [0, 0.05) is 4.92 Å². The highest BCUT2D eigenvalue weighted by Crippen LogP contribution is 1.88. The smallest absolute Gasteiger partial charge is 0.279 e. The predicted octanol–water partition coefficient (Wildman–Crippen LogP) is -1.10. The Bertz CT molecular complexity index is 98.7. The molecule has 1 atom stereocenters. The molecule has 1 heterocycles. The van der Waals surface area contributed by atoms with E-state index in [9.17, 15) is 10.1 Å². The van der Waals surface area contributed by atoms with Crippen molar-refractivity contribution in [2.24, 2.45) is 0 Å². The Morgan fingerprint density at radius 1 is 1.88 bits per heavy atom. The predicted molar refractivity (Wildman–Crippen MR) is 26.2 cm³/mol. The molecule has 1 rings (SSSR count). The van der Waals surface area contributed by atoms with Crippen LogP contribution in [0.4, 0.5) is 0 Å². The lowest BCUT2D eigenvalue weighted by molar-refractivity contribution is -0.522. The van der Waals surface area contributed by atoms with Crippen LogP contribution < -0.4 is 10.6 Å². The first-order chi connectivity index (χ1) is 3.80. The van der Waals surface area contributed by atoms with Crippen LogP contribution in [0.3, 0.4) is 0 Å². The van der Waals surface area contributed by atoms with Gasteiger partial charge in [0.05, 0.1) is 13.2 Å². The molecule has 0 bridgehead atoms. The zero-order valence-electron chi connectivity index (χ0n) is 4.13. The second kappa shape index (κ2) is 2.06. The Balaban J connectivity index is 2.35. The normalized spacial score (nSPS) is 28.2. The summed E-state index contributed by atoms with van der Waals surface area (Å²) < 4.78 is 0. The summed E-state index contributed by atoms with van der Waals surface area (Å²) in [6, 6.07) is 0. The van der Waals surface area contributed by atoms with Gasteiger partial charge in [-0.25, -0.2) is 5.32 Å². The van der Waals surface area contributed by atoms with Crippen molar-refractivity contribution in [2.45, 2.75) is 6.17 Å². The number of hydrogen-bond donors (Lipinski definition) is 2. The molecule has 1 aliphatic rings. The van der Waals surface area contributed by atoms with Crippen molar-refractivity contribution in [1.29, 1.82) is 0 Å². The van der Waals surface area contributed by atoms with E-state index in [1.165, 1.54) is 6.67 Å². The first-order valence-electron chi connectivity index (χ1n) is 2.25. The van der Waals surface area contributed by atoms with E-state index >= 15 is 0 Å². The Morgan fingerprint density at radius 3 is 2.88 bits per heavy atom. The fourth-order valence-corrected chi connectivity index (χ4v) is 0.520. The van der Waals surface area contributed by atoms with Crippen LogP contribution in [0.25, 0.3) is 0 Å². The van der Waals surface area contributed by atoms with E-state index in [-0.39, 0.29) is 4.92 Å². The van der Waals surface area contributed by atoms with Crippen molar-refractivity contribution in [2.75, 3.05) is 6.54 Å². The van der Waals surface area contributed by atoms with Gasteiger partial charge >= 0.3 is 0 Å². The highest BCUT2D eigenvalue weighted by molar-refractivity contribution is 4.73. The van der Waals surface area contributed by atoms with E-state index in [1.54, 1.807) is 0 Å². The van der Waals surface area contributed by atoms with Crippen molar-refractivity contribution in [3.05, 3.63) is 16.8 Å². The van der Waals surface area contributed by atoms with Crippen LogP contribution in [0.5, 0.6) is 0 Å². The molecule has 0 amide bonds. The first kappa shape index (κ1) is 5.46. The zero-order valence-corrected chi connectivity index (χ0v) is 4.13. The van der Waals surface area contributed by atoms with Crippen LogP contribution >= 0.6 is 0 Å². The second-order valence-corrected chi connectivity index (χ2v) is 1.52. The molecule has 5 nitrogen and oxygen atoms in total. The number of nitro groups is 1. The van der Waals surface area contributed by atoms with Gasteiger partial charge in [-0.2, -0.15) is 0 Å². The summed E-state index contributed by atoms with van der Waals surface area (Å²) in [5.74, 6) is 0. The fraction of sp³-hybridized carbons (Fsp3) is 0.667. The summed E-state index contributed by atoms with van der Waals surface area (Å²) >= 11 is 0. The third-order valence-corrected chi connectivity index (χ3v) is 0.943. The van der Waals surface area contributed by atoms with Crippen molar-refractivity contribution in [3.63, 3.8) is 0 Å². The minimum atomic E-state index is -0.630. The number of nitrogens with one attached hydrogen (secondary N) is 2. The fourth-order valence-electron chi connectivity index (χ4n) is 0.520. The minimum Gasteiger partial charge on any atom is -0.291 e. The van der Waals surface area contributed by atoms with Gasteiger partial charge in [-0.1, -0.05) is 0 Å². The summed E-state index contributed by atoms with van der Waals surface area (Å²) in [5.41, 5.74) is 0. The molecule has 0 aromatic rings. The van der Waals surface area contributed by atoms with Gasteiger partial charge in [-0.15, -0.1) is 0 Å². The second-order valence-electron chi connectivity index (χ2n) is 1.52. The van der Waals surface area contributed by atoms with E-state index in [4.69, 9.17) is 0 Å². The zero-order chi connectivity index (χ0) is 5.98. The van der Waals surface area contributed by atoms with Crippen LogP contribution in [-0.2, 0) is 0 Å². The molecule has 1 saturated heterocycles. The first-order valence-corrected chi connectivity index (χ1v) is 2.25. The monoisotopic (exact) mass is 116 g/mol. The largest absolute Gasteiger partial charge is 0.291 e. The van der Waals surface area contributed by atoms with Crippen LogP contribution in [0, 0.1) is 16.8 Å². The standard InChI is InChI=1S/C3H6N3O2/c7-6(8)3-1-4-2-5-3/h2-5H,1H2. The van der Waals surface area contributed by atoms with Crippen molar-refractivity contribution in [3.8, 4) is 0 Å². The molecule has 1 radical (unpaired) electrons. The maximum absolute atomic E-state index is 9.88. The van der Waals surface area contributed by atoms with Gasteiger partial charge in [0.2, 0.25) is 0 Å². The Hall–Kier alpha value is -0.680. The van der Waals surface area contributed by atoms with Crippen LogP contribution in [0.2, 0.25) is 0 Å². The molecule has 1 unspecified atom stereocenters. The van der Waals surface area contributed by atoms with Crippen LogP contribution in [0.1, 0.15) is 0 Å². The molecular weight excluding hydrogens is 110 g/mol. The summed E-state index contributed by atoms with van der Waals surface area (Å²) in [6.45, 7) is 1.86. The van der Waals surface area contributed by atoms with E-state index < -0.39 is 6.17 Å². The highest BCUT2D eigenvalue weighted by Gasteiger charge is 2.22. The van der Waals surface area contributed by atoms with Crippen LogP contribution in [0.15, 0.2) is 0 Å². The average molecular weight is 116 g/mol. The van der Waals surface area contributed by atoms with E-state index in [0.717, 1.165) is 0 Å². The van der Waals surface area contributed by atoms with Gasteiger partial charge in [-0.3, -0.25) is 15.4 Å². The van der Waals surface area contributed by atoms with E-state index in [0.29, 0.717) is 6.54 Å².